The van der Waals surface area contributed by atoms with E-state index in [9.17, 15) is 5.11 Å². The molecule has 3 heterocycles. The lowest BCUT2D eigenvalue weighted by atomic mass is 9.76. The van der Waals surface area contributed by atoms with Gasteiger partial charge in [-0.1, -0.05) is 191 Å². The van der Waals surface area contributed by atoms with Crippen molar-refractivity contribution in [3.8, 4) is 56.3 Å². The summed E-state index contributed by atoms with van der Waals surface area (Å²) in [6.07, 6.45) is 1.86. The summed E-state index contributed by atoms with van der Waals surface area (Å²) >= 11 is 0. The lowest BCUT2D eigenvalue weighted by molar-refractivity contribution is 0.446. The highest BCUT2D eigenvalue weighted by atomic mass is 16.3. The molecule has 0 fully saturated rings. The van der Waals surface area contributed by atoms with Gasteiger partial charge in [-0.3, -0.25) is 9.55 Å². The Morgan fingerprint density at radius 3 is 1.82 bits per heavy atom. The highest BCUT2D eigenvalue weighted by Crippen LogP contribution is 2.47. The number of benzene rings is 8. The lowest BCUT2D eigenvalue weighted by Gasteiger charge is -2.28. The summed E-state index contributed by atoms with van der Waals surface area (Å²) in [5.74, 6) is 0.922. The predicted molar refractivity (Wildman–Crippen MR) is 302 cm³/mol. The fraction of sp³-hybridized carbons (Fsp3) is 0.224. The molecule has 0 aliphatic heterocycles. The van der Waals surface area contributed by atoms with Crippen molar-refractivity contribution in [2.24, 2.45) is 0 Å². The van der Waals surface area contributed by atoms with Crippen molar-refractivity contribution in [3.05, 3.63) is 204 Å². The molecule has 1 N–H and O–H groups in total. The first-order valence-corrected chi connectivity index (χ1v) is 25.3. The van der Waals surface area contributed by atoms with Gasteiger partial charge in [0.15, 0.2) is 0 Å². The number of aromatic nitrogens is 3. The zero-order chi connectivity index (χ0) is 50.5. The van der Waals surface area contributed by atoms with Crippen LogP contribution in [-0.2, 0) is 21.7 Å². The van der Waals surface area contributed by atoms with E-state index in [0.29, 0.717) is 11.4 Å². The molecule has 0 aliphatic rings. The largest absolute Gasteiger partial charge is 0.507 e. The second-order valence-electron chi connectivity index (χ2n) is 23.3. The molecule has 11 aromatic rings. The standard InChI is InChI=1S/C67H63N3O2/c1-64(2,3)47-29-30-55(51(38-47)41-21-14-12-15-22-41)70-56-28-20-27-50(61(56)69-63(70)53-39-48(65(4,5)6)40-54(62(53)71)66(7,8)9)44-33-45(35-49(34-44)67(10,11)46-25-16-13-17-26-46)60-59-52-36-42-23-18-19-24-43(42)37-58(52)72-57(59)31-32-68-60/h12-40,71H,1-11H3. The highest BCUT2D eigenvalue weighted by Gasteiger charge is 2.31. The van der Waals surface area contributed by atoms with Crippen molar-refractivity contribution < 1.29 is 9.52 Å². The Hall–Kier alpha value is -7.76. The molecule has 0 bridgehead atoms. The minimum Gasteiger partial charge on any atom is -0.507 e. The molecule has 0 aliphatic carbocycles. The average molecular weight is 942 g/mol. The number of phenolic OH excluding ortho intramolecular Hbond substituents is 1. The van der Waals surface area contributed by atoms with Crippen LogP contribution in [0.25, 0.3) is 94.3 Å². The van der Waals surface area contributed by atoms with Gasteiger partial charge < -0.3 is 9.52 Å². The fourth-order valence-corrected chi connectivity index (χ4v) is 10.5. The number of hydrogen-bond donors (Lipinski definition) is 1. The summed E-state index contributed by atoms with van der Waals surface area (Å²) in [6.45, 7) is 24.6. The van der Waals surface area contributed by atoms with Crippen LogP contribution in [0.3, 0.4) is 0 Å². The monoisotopic (exact) mass is 941 g/mol. The van der Waals surface area contributed by atoms with Crippen molar-refractivity contribution in [3.63, 3.8) is 0 Å². The van der Waals surface area contributed by atoms with Crippen molar-refractivity contribution in [1.29, 1.82) is 0 Å². The normalized spacial score (nSPS) is 12.7. The number of nitrogens with zero attached hydrogens (tertiary/aromatic N) is 3. The summed E-state index contributed by atoms with van der Waals surface area (Å²) < 4.78 is 8.92. The Labute approximate surface area is 423 Å². The first kappa shape index (κ1) is 46.6. The van der Waals surface area contributed by atoms with Gasteiger partial charge in [-0.2, -0.15) is 0 Å². The molecule has 0 atom stereocenters. The Balaban J connectivity index is 1.24. The van der Waals surface area contributed by atoms with E-state index in [1.807, 2.05) is 12.3 Å². The number of aromatic hydroxyl groups is 1. The average Bonchev–Trinajstić information content (AvgIpc) is 3.93. The molecule has 5 heteroatoms. The molecule has 0 radical (unpaired) electrons. The number of imidazole rings is 1. The molecule has 0 spiro atoms. The number of fused-ring (bicyclic) bond motifs is 5. The minimum atomic E-state index is -0.394. The molecule has 0 unspecified atom stereocenters. The maximum Gasteiger partial charge on any atom is 0.149 e. The first-order chi connectivity index (χ1) is 34.3. The smallest absolute Gasteiger partial charge is 0.149 e. The zero-order valence-corrected chi connectivity index (χ0v) is 43.4. The van der Waals surface area contributed by atoms with E-state index in [1.54, 1.807) is 0 Å². The molecular formula is C67H63N3O2. The molecule has 72 heavy (non-hydrogen) atoms. The molecule has 358 valence electrons. The van der Waals surface area contributed by atoms with E-state index < -0.39 is 5.41 Å². The third kappa shape index (κ3) is 8.05. The summed E-state index contributed by atoms with van der Waals surface area (Å²) in [7, 11) is 0. The third-order valence-corrected chi connectivity index (χ3v) is 14.9. The molecule has 0 saturated carbocycles. The second kappa shape index (κ2) is 16.9. The lowest BCUT2D eigenvalue weighted by Crippen LogP contribution is -2.19. The van der Waals surface area contributed by atoms with Gasteiger partial charge in [0.25, 0.3) is 0 Å². The number of rotatable bonds is 7. The highest BCUT2D eigenvalue weighted by molar-refractivity contribution is 6.15. The minimum absolute atomic E-state index is 0.0953. The van der Waals surface area contributed by atoms with E-state index in [-0.39, 0.29) is 22.0 Å². The van der Waals surface area contributed by atoms with Crippen LogP contribution in [0, 0.1) is 0 Å². The van der Waals surface area contributed by atoms with Gasteiger partial charge in [-0.15, -0.1) is 0 Å². The van der Waals surface area contributed by atoms with E-state index in [4.69, 9.17) is 14.4 Å². The van der Waals surface area contributed by atoms with Gasteiger partial charge in [-0.05, 0) is 115 Å². The summed E-state index contributed by atoms with van der Waals surface area (Å²) in [4.78, 5) is 11.0. The summed E-state index contributed by atoms with van der Waals surface area (Å²) in [5.41, 5.74) is 15.7. The molecule has 0 saturated heterocycles. The van der Waals surface area contributed by atoms with Gasteiger partial charge in [0.05, 0.1) is 33.4 Å². The van der Waals surface area contributed by atoms with Crippen LogP contribution < -0.4 is 0 Å². The maximum atomic E-state index is 12.7. The number of hydrogen-bond acceptors (Lipinski definition) is 4. The topological polar surface area (TPSA) is 64.1 Å². The van der Waals surface area contributed by atoms with Gasteiger partial charge in [-0.25, -0.2) is 4.98 Å². The Kier molecular flexibility index (Phi) is 11.0. The number of para-hydroxylation sites is 1. The summed E-state index contributed by atoms with van der Waals surface area (Å²) in [6, 6.07) is 60.9. The van der Waals surface area contributed by atoms with Crippen molar-refractivity contribution in [2.75, 3.05) is 0 Å². The van der Waals surface area contributed by atoms with Gasteiger partial charge in [0.1, 0.15) is 22.7 Å². The predicted octanol–water partition coefficient (Wildman–Crippen LogP) is 18.1. The second-order valence-corrected chi connectivity index (χ2v) is 23.3. The van der Waals surface area contributed by atoms with Gasteiger partial charge >= 0.3 is 0 Å². The molecule has 11 rings (SSSR count). The van der Waals surface area contributed by atoms with Crippen LogP contribution in [0.1, 0.15) is 104 Å². The van der Waals surface area contributed by atoms with Crippen LogP contribution in [0.15, 0.2) is 180 Å². The van der Waals surface area contributed by atoms with E-state index in [1.165, 1.54) is 11.1 Å². The molecule has 5 nitrogen and oxygen atoms in total. The van der Waals surface area contributed by atoms with Crippen molar-refractivity contribution in [1.82, 2.24) is 14.5 Å². The van der Waals surface area contributed by atoms with Gasteiger partial charge in [0, 0.05) is 39.3 Å². The van der Waals surface area contributed by atoms with Crippen LogP contribution in [0.5, 0.6) is 5.75 Å². The third-order valence-electron chi connectivity index (χ3n) is 14.9. The quantitative estimate of drug-likeness (QED) is 0.173. The molecule has 0 amide bonds. The van der Waals surface area contributed by atoms with E-state index >= 15 is 0 Å². The van der Waals surface area contributed by atoms with Crippen molar-refractivity contribution >= 4 is 43.7 Å². The SMILES string of the molecule is CC(C)(C)c1ccc(-n2c(-c3cc(C(C)(C)C)cc(C(C)(C)C)c3O)nc3c(-c4cc(-c5nccc6oc7cc8ccccc8cc7c56)cc(C(C)(C)c5ccccc5)c4)cccc32)c(-c2ccccc2)c1. The first-order valence-electron chi connectivity index (χ1n) is 25.3. The number of furan rings is 1. The summed E-state index contributed by atoms with van der Waals surface area (Å²) in [5, 5.41) is 17.0. The van der Waals surface area contributed by atoms with E-state index in [0.717, 1.165) is 99.6 Å². The fourth-order valence-electron chi connectivity index (χ4n) is 10.5. The van der Waals surface area contributed by atoms with Crippen LogP contribution in [0.4, 0.5) is 0 Å². The molecule has 8 aromatic carbocycles. The molecular weight excluding hydrogens is 879 g/mol. The van der Waals surface area contributed by atoms with Crippen LogP contribution in [-0.4, -0.2) is 19.6 Å². The van der Waals surface area contributed by atoms with Crippen LogP contribution >= 0.6 is 0 Å². The van der Waals surface area contributed by atoms with Gasteiger partial charge in [0.2, 0.25) is 0 Å². The van der Waals surface area contributed by atoms with Crippen LogP contribution in [0.2, 0.25) is 0 Å². The number of phenols is 1. The Morgan fingerprint density at radius 2 is 1.12 bits per heavy atom. The number of pyridine rings is 1. The Morgan fingerprint density at radius 1 is 0.472 bits per heavy atom. The molecule has 3 aromatic heterocycles. The zero-order valence-electron chi connectivity index (χ0n) is 43.4. The maximum absolute atomic E-state index is 12.7. The Bertz CT molecular complexity index is 3890. The van der Waals surface area contributed by atoms with Crippen molar-refractivity contribution in [2.45, 2.75) is 97.8 Å². The van der Waals surface area contributed by atoms with E-state index in [2.05, 4.69) is 245 Å².